The van der Waals surface area contributed by atoms with E-state index < -0.39 is 11.9 Å². The maximum absolute atomic E-state index is 10.6. The fraction of sp³-hybridized carbons (Fsp3) is 0.286. The van der Waals surface area contributed by atoms with E-state index in [2.05, 4.69) is 72.8 Å². The van der Waals surface area contributed by atoms with Gasteiger partial charge in [-0.05, 0) is 71.9 Å². The van der Waals surface area contributed by atoms with Crippen molar-refractivity contribution in [3.63, 3.8) is 0 Å². The molecular formula is C28H30O4. The van der Waals surface area contributed by atoms with Gasteiger partial charge in [-0.25, -0.2) is 0 Å². The van der Waals surface area contributed by atoms with E-state index in [1.54, 1.807) is 0 Å². The quantitative estimate of drug-likeness (QED) is 0.317. The molecule has 4 nitrogen and oxygen atoms in total. The molecule has 0 fully saturated rings. The van der Waals surface area contributed by atoms with Crippen molar-refractivity contribution in [1.82, 2.24) is 0 Å². The number of rotatable bonds is 12. The van der Waals surface area contributed by atoms with Crippen LogP contribution in [0.5, 0.6) is 0 Å². The largest absolute Gasteiger partial charge is 0.481 e. The summed E-state index contributed by atoms with van der Waals surface area (Å²) in [7, 11) is 0. The first kappa shape index (κ1) is 23.3. The van der Waals surface area contributed by atoms with E-state index in [4.69, 9.17) is 10.2 Å². The van der Waals surface area contributed by atoms with Crippen molar-refractivity contribution >= 4 is 11.9 Å². The molecule has 0 bridgehead atoms. The van der Waals surface area contributed by atoms with Crippen LogP contribution in [0.1, 0.15) is 49.7 Å². The number of carboxylic acid groups (broad SMARTS) is 2. The molecule has 0 saturated carbocycles. The van der Waals surface area contributed by atoms with Gasteiger partial charge in [0.1, 0.15) is 0 Å². The van der Waals surface area contributed by atoms with Crippen LogP contribution in [-0.2, 0) is 22.4 Å². The van der Waals surface area contributed by atoms with E-state index >= 15 is 0 Å². The molecule has 0 aliphatic rings. The molecule has 0 aliphatic heterocycles. The van der Waals surface area contributed by atoms with Gasteiger partial charge >= 0.3 is 11.9 Å². The molecule has 0 spiro atoms. The Hall–Kier alpha value is -3.40. The zero-order chi connectivity index (χ0) is 22.8. The van der Waals surface area contributed by atoms with Crippen molar-refractivity contribution in [3.05, 3.63) is 83.9 Å². The Balaban J connectivity index is 1.54. The highest BCUT2D eigenvalue weighted by Gasteiger charge is 2.03. The van der Waals surface area contributed by atoms with Crippen LogP contribution in [0.3, 0.4) is 0 Å². The molecule has 166 valence electrons. The molecule has 0 atom stereocenters. The van der Waals surface area contributed by atoms with Crippen molar-refractivity contribution < 1.29 is 19.8 Å². The third-order valence-electron chi connectivity index (χ3n) is 5.67. The molecule has 0 heterocycles. The molecular weight excluding hydrogens is 400 g/mol. The first-order valence-corrected chi connectivity index (χ1v) is 11.2. The Morgan fingerprint density at radius 3 is 1.03 bits per heavy atom. The summed E-state index contributed by atoms with van der Waals surface area (Å²) >= 11 is 0. The van der Waals surface area contributed by atoms with E-state index in [-0.39, 0.29) is 12.8 Å². The maximum atomic E-state index is 10.6. The first-order valence-electron chi connectivity index (χ1n) is 11.2. The summed E-state index contributed by atoms with van der Waals surface area (Å²) in [5, 5.41) is 17.4. The van der Waals surface area contributed by atoms with Crippen LogP contribution in [0.25, 0.3) is 22.3 Å². The lowest BCUT2D eigenvalue weighted by molar-refractivity contribution is -0.138. The summed E-state index contributed by atoms with van der Waals surface area (Å²) in [4.78, 5) is 21.2. The number of carboxylic acids is 2. The standard InChI is InChI=1S/C28H30O4/c29-27(30)7-3-1-5-21-9-13-23(14-10-21)25-17-19-26(20-18-25)24-15-11-22(12-16-24)6-2-4-8-28(31)32/h9-20H,1-8H2,(H,29,30)(H,31,32). The molecule has 0 radical (unpaired) electrons. The van der Waals surface area contributed by atoms with Gasteiger partial charge in [0.15, 0.2) is 0 Å². The second kappa shape index (κ2) is 11.8. The van der Waals surface area contributed by atoms with Gasteiger partial charge in [-0.1, -0.05) is 72.8 Å². The Labute approximate surface area is 189 Å². The number of aliphatic carboxylic acids is 2. The molecule has 0 aromatic heterocycles. The molecule has 2 N–H and O–H groups in total. The maximum Gasteiger partial charge on any atom is 0.303 e. The minimum atomic E-state index is -0.729. The highest BCUT2D eigenvalue weighted by molar-refractivity contribution is 5.70. The SMILES string of the molecule is O=C(O)CCCCc1ccc(-c2ccc(-c3ccc(CCCCC(=O)O)cc3)cc2)cc1. The minimum Gasteiger partial charge on any atom is -0.481 e. The van der Waals surface area contributed by atoms with Gasteiger partial charge in [0.2, 0.25) is 0 Å². The fourth-order valence-corrected chi connectivity index (χ4v) is 3.79. The van der Waals surface area contributed by atoms with E-state index in [1.807, 2.05) is 0 Å². The topological polar surface area (TPSA) is 74.6 Å². The highest BCUT2D eigenvalue weighted by atomic mass is 16.4. The number of aryl methyl sites for hydroxylation is 2. The van der Waals surface area contributed by atoms with Gasteiger partial charge in [-0.3, -0.25) is 9.59 Å². The first-order chi connectivity index (χ1) is 15.5. The molecule has 3 rings (SSSR count). The van der Waals surface area contributed by atoms with Gasteiger partial charge in [0, 0.05) is 12.8 Å². The molecule has 0 unspecified atom stereocenters. The zero-order valence-electron chi connectivity index (χ0n) is 18.3. The number of hydrogen-bond acceptors (Lipinski definition) is 2. The third kappa shape index (κ3) is 7.38. The van der Waals surface area contributed by atoms with Crippen LogP contribution < -0.4 is 0 Å². The summed E-state index contributed by atoms with van der Waals surface area (Å²) in [6, 6.07) is 25.5. The summed E-state index contributed by atoms with van der Waals surface area (Å²) in [6.45, 7) is 0. The van der Waals surface area contributed by atoms with Crippen LogP contribution in [0.15, 0.2) is 72.8 Å². The highest BCUT2D eigenvalue weighted by Crippen LogP contribution is 2.26. The summed E-state index contributed by atoms with van der Waals surface area (Å²) in [6.07, 6.45) is 5.49. The lowest BCUT2D eigenvalue weighted by Gasteiger charge is -2.08. The van der Waals surface area contributed by atoms with Crippen LogP contribution in [0.4, 0.5) is 0 Å². The van der Waals surface area contributed by atoms with Crippen molar-refractivity contribution in [2.24, 2.45) is 0 Å². The molecule has 0 amide bonds. The number of hydrogen-bond donors (Lipinski definition) is 2. The second-order valence-electron chi connectivity index (χ2n) is 8.17. The van der Waals surface area contributed by atoms with Crippen molar-refractivity contribution in [1.29, 1.82) is 0 Å². The lowest BCUT2D eigenvalue weighted by Crippen LogP contribution is -1.95. The average molecular weight is 431 g/mol. The van der Waals surface area contributed by atoms with E-state index in [9.17, 15) is 9.59 Å². The predicted octanol–water partition coefficient (Wildman–Crippen LogP) is 6.62. The monoisotopic (exact) mass is 430 g/mol. The van der Waals surface area contributed by atoms with E-state index in [0.29, 0.717) is 12.8 Å². The van der Waals surface area contributed by atoms with Gasteiger partial charge in [-0.15, -0.1) is 0 Å². The van der Waals surface area contributed by atoms with Gasteiger partial charge in [0.25, 0.3) is 0 Å². The van der Waals surface area contributed by atoms with Crippen LogP contribution in [0, 0.1) is 0 Å². The normalized spacial score (nSPS) is 10.8. The number of unbranched alkanes of at least 4 members (excludes halogenated alkanes) is 2. The molecule has 4 heteroatoms. The van der Waals surface area contributed by atoms with E-state index in [1.165, 1.54) is 33.4 Å². The summed E-state index contributed by atoms with van der Waals surface area (Å²) in [5.41, 5.74) is 7.14. The van der Waals surface area contributed by atoms with Gasteiger partial charge < -0.3 is 10.2 Å². The second-order valence-corrected chi connectivity index (χ2v) is 8.17. The number of carbonyl (C=O) groups is 2. The Morgan fingerprint density at radius 1 is 0.469 bits per heavy atom. The zero-order valence-corrected chi connectivity index (χ0v) is 18.3. The van der Waals surface area contributed by atoms with Crippen LogP contribution in [0.2, 0.25) is 0 Å². The third-order valence-corrected chi connectivity index (χ3v) is 5.67. The minimum absolute atomic E-state index is 0.236. The predicted molar refractivity (Wildman–Crippen MR) is 128 cm³/mol. The summed E-state index contributed by atoms with van der Waals surface area (Å²) in [5.74, 6) is -1.46. The van der Waals surface area contributed by atoms with Crippen molar-refractivity contribution in [2.75, 3.05) is 0 Å². The fourth-order valence-electron chi connectivity index (χ4n) is 3.79. The van der Waals surface area contributed by atoms with Gasteiger partial charge in [-0.2, -0.15) is 0 Å². The summed E-state index contributed by atoms with van der Waals surface area (Å²) < 4.78 is 0. The average Bonchev–Trinajstić information content (AvgIpc) is 2.80. The van der Waals surface area contributed by atoms with Gasteiger partial charge in [0.05, 0.1) is 0 Å². The Morgan fingerprint density at radius 2 is 0.750 bits per heavy atom. The Kier molecular flexibility index (Phi) is 8.61. The van der Waals surface area contributed by atoms with Crippen molar-refractivity contribution in [2.45, 2.75) is 51.4 Å². The van der Waals surface area contributed by atoms with Crippen LogP contribution in [-0.4, -0.2) is 22.2 Å². The van der Waals surface area contributed by atoms with E-state index in [0.717, 1.165) is 25.7 Å². The van der Waals surface area contributed by atoms with Crippen molar-refractivity contribution in [3.8, 4) is 22.3 Å². The van der Waals surface area contributed by atoms with Crippen LogP contribution >= 0.6 is 0 Å². The molecule has 3 aromatic carbocycles. The molecule has 32 heavy (non-hydrogen) atoms. The Bertz CT molecular complexity index is 918. The smallest absolute Gasteiger partial charge is 0.303 e. The lowest BCUT2D eigenvalue weighted by atomic mass is 9.97. The molecule has 3 aromatic rings. The number of benzene rings is 3. The molecule has 0 aliphatic carbocycles. The molecule has 0 saturated heterocycles.